The summed E-state index contributed by atoms with van der Waals surface area (Å²) in [7, 11) is -3.91. The van der Waals surface area contributed by atoms with E-state index in [-0.39, 0.29) is 5.75 Å². The maximum absolute atomic E-state index is 13.4. The SMILES string of the molecule is O=P(NN=Cc1c(O)ccc2ccccc12)(Oc1ccccc1)Oc1ccccc1. The molecule has 6 nitrogen and oxygen atoms in total. The molecule has 0 saturated heterocycles. The standard InChI is InChI=1S/C23H19N2O4P/c26-23-16-15-18-9-7-8-14-21(18)22(23)17-24-25-30(27,28-19-10-3-1-4-11-19)29-20-12-5-2-6-13-20/h1-17,26H,(H,25,27). The number of fused-ring (bicyclic) bond motifs is 1. The van der Waals surface area contributed by atoms with E-state index in [1.807, 2.05) is 42.5 Å². The lowest BCUT2D eigenvalue weighted by molar-refractivity contribution is 0.372. The Morgan fingerprint density at radius 3 is 1.97 bits per heavy atom. The topological polar surface area (TPSA) is 80.2 Å². The van der Waals surface area contributed by atoms with Gasteiger partial charge < -0.3 is 14.2 Å². The van der Waals surface area contributed by atoms with Crippen LogP contribution in [0.2, 0.25) is 0 Å². The molecule has 0 fully saturated rings. The van der Waals surface area contributed by atoms with Gasteiger partial charge in [-0.25, -0.2) is 4.57 Å². The van der Waals surface area contributed by atoms with Crippen molar-refractivity contribution in [2.24, 2.45) is 5.10 Å². The first kappa shape index (κ1) is 19.6. The molecule has 30 heavy (non-hydrogen) atoms. The number of nitrogens with zero attached hydrogens (tertiary/aromatic N) is 1. The highest BCUT2D eigenvalue weighted by molar-refractivity contribution is 7.52. The molecule has 0 saturated carbocycles. The quantitative estimate of drug-likeness (QED) is 0.227. The van der Waals surface area contributed by atoms with E-state index in [0.29, 0.717) is 17.1 Å². The van der Waals surface area contributed by atoms with Gasteiger partial charge in [-0.1, -0.05) is 66.7 Å². The Bertz CT molecular complexity index is 1170. The van der Waals surface area contributed by atoms with Crippen molar-refractivity contribution in [2.75, 3.05) is 0 Å². The molecule has 0 aromatic heterocycles. The highest BCUT2D eigenvalue weighted by Gasteiger charge is 2.28. The van der Waals surface area contributed by atoms with Gasteiger partial charge in [0.25, 0.3) is 0 Å². The molecule has 0 aliphatic carbocycles. The van der Waals surface area contributed by atoms with Crippen LogP contribution < -0.4 is 14.2 Å². The second-order valence-corrected chi connectivity index (χ2v) is 7.94. The van der Waals surface area contributed by atoms with Gasteiger partial charge in [-0.3, -0.25) is 0 Å². The predicted octanol–water partition coefficient (Wildman–Crippen LogP) is 5.74. The van der Waals surface area contributed by atoms with Crippen molar-refractivity contribution in [2.45, 2.75) is 0 Å². The summed E-state index contributed by atoms with van der Waals surface area (Å²) in [4.78, 5) is 0. The van der Waals surface area contributed by atoms with Gasteiger partial charge in [0.05, 0.1) is 6.21 Å². The first-order chi connectivity index (χ1) is 14.6. The molecular weight excluding hydrogens is 399 g/mol. The Hall–Kier alpha value is -3.76. The van der Waals surface area contributed by atoms with Crippen LogP contribution in [0.3, 0.4) is 0 Å². The highest BCUT2D eigenvalue weighted by Crippen LogP contribution is 2.44. The van der Waals surface area contributed by atoms with Gasteiger partial charge in [-0.2, -0.15) is 10.3 Å². The number of phenolic OH excluding ortho intramolecular Hbond substituents is 1. The molecule has 150 valence electrons. The van der Waals surface area contributed by atoms with E-state index in [0.717, 1.165) is 10.8 Å². The summed E-state index contributed by atoms with van der Waals surface area (Å²) in [5, 5.41) is 18.6. The van der Waals surface area contributed by atoms with Crippen LogP contribution in [-0.2, 0) is 4.57 Å². The van der Waals surface area contributed by atoms with E-state index >= 15 is 0 Å². The maximum atomic E-state index is 13.4. The van der Waals surface area contributed by atoms with Crippen molar-refractivity contribution in [3.8, 4) is 17.2 Å². The zero-order valence-electron chi connectivity index (χ0n) is 15.9. The number of rotatable bonds is 7. The third kappa shape index (κ3) is 4.62. The predicted molar refractivity (Wildman–Crippen MR) is 118 cm³/mol. The first-order valence-electron chi connectivity index (χ1n) is 9.23. The Labute approximate surface area is 174 Å². The van der Waals surface area contributed by atoms with Crippen LogP contribution in [0.1, 0.15) is 5.56 Å². The van der Waals surface area contributed by atoms with Crippen LogP contribution in [0.5, 0.6) is 17.2 Å². The summed E-state index contributed by atoms with van der Waals surface area (Å²) >= 11 is 0. The minimum Gasteiger partial charge on any atom is -0.507 e. The molecule has 4 rings (SSSR count). The third-order valence-electron chi connectivity index (χ3n) is 4.26. The summed E-state index contributed by atoms with van der Waals surface area (Å²) in [6, 6.07) is 28.4. The smallest absolute Gasteiger partial charge is 0.507 e. The van der Waals surface area contributed by atoms with Crippen LogP contribution in [0.4, 0.5) is 0 Å². The summed E-state index contributed by atoms with van der Waals surface area (Å²) < 4.78 is 24.6. The molecule has 7 heteroatoms. The van der Waals surface area contributed by atoms with Crippen molar-refractivity contribution in [3.63, 3.8) is 0 Å². The Balaban J connectivity index is 1.62. The Kier molecular flexibility index (Phi) is 5.68. The molecule has 0 aliphatic heterocycles. The van der Waals surface area contributed by atoms with E-state index in [2.05, 4.69) is 10.3 Å². The van der Waals surface area contributed by atoms with Crippen LogP contribution >= 0.6 is 7.75 Å². The number of hydrogen-bond donors (Lipinski definition) is 2. The van der Waals surface area contributed by atoms with E-state index in [4.69, 9.17) is 9.05 Å². The monoisotopic (exact) mass is 418 g/mol. The Morgan fingerprint density at radius 2 is 1.33 bits per heavy atom. The molecule has 0 atom stereocenters. The van der Waals surface area contributed by atoms with Gasteiger partial charge >= 0.3 is 7.75 Å². The maximum Gasteiger partial charge on any atom is 0.557 e. The first-order valence-corrected chi connectivity index (χ1v) is 10.8. The van der Waals surface area contributed by atoms with Crippen molar-refractivity contribution in [1.29, 1.82) is 0 Å². The summed E-state index contributed by atoms with van der Waals surface area (Å²) in [5.41, 5.74) is 0.492. The number of phenols is 1. The van der Waals surface area contributed by atoms with Crippen LogP contribution in [0, 0.1) is 0 Å². The molecule has 0 heterocycles. The molecule has 0 amide bonds. The average molecular weight is 418 g/mol. The third-order valence-corrected chi connectivity index (χ3v) is 5.52. The highest BCUT2D eigenvalue weighted by atomic mass is 31.2. The summed E-state index contributed by atoms with van der Waals surface area (Å²) in [6.07, 6.45) is 1.40. The average Bonchev–Trinajstić information content (AvgIpc) is 2.76. The second-order valence-electron chi connectivity index (χ2n) is 6.38. The summed E-state index contributed by atoms with van der Waals surface area (Å²) in [5.74, 6) is 0.794. The van der Waals surface area contributed by atoms with Crippen molar-refractivity contribution < 1.29 is 18.7 Å². The zero-order valence-corrected chi connectivity index (χ0v) is 16.8. The van der Waals surface area contributed by atoms with Gasteiger partial charge in [-0.05, 0) is 41.1 Å². The Morgan fingerprint density at radius 1 is 0.767 bits per heavy atom. The largest absolute Gasteiger partial charge is 0.557 e. The number of nitrogens with one attached hydrogen (secondary N) is 1. The molecule has 0 aliphatic rings. The lowest BCUT2D eigenvalue weighted by Gasteiger charge is -2.18. The van der Waals surface area contributed by atoms with Crippen molar-refractivity contribution in [1.82, 2.24) is 5.20 Å². The summed E-state index contributed by atoms with van der Waals surface area (Å²) in [6.45, 7) is 0. The molecule has 4 aromatic rings. The zero-order chi connectivity index (χ0) is 20.8. The van der Waals surface area contributed by atoms with Gasteiger partial charge in [0.2, 0.25) is 0 Å². The van der Waals surface area contributed by atoms with Crippen molar-refractivity contribution in [3.05, 3.63) is 103 Å². The fourth-order valence-electron chi connectivity index (χ4n) is 2.88. The molecule has 4 aromatic carbocycles. The normalized spacial score (nSPS) is 11.5. The van der Waals surface area contributed by atoms with Crippen LogP contribution in [0.25, 0.3) is 10.8 Å². The second kappa shape index (κ2) is 8.72. The molecule has 0 spiro atoms. The van der Waals surface area contributed by atoms with E-state index in [1.165, 1.54) is 6.21 Å². The molecule has 0 bridgehead atoms. The fourth-order valence-corrected chi connectivity index (χ4v) is 4.00. The number of benzene rings is 4. The lowest BCUT2D eigenvalue weighted by atomic mass is 10.0. The van der Waals surface area contributed by atoms with Gasteiger partial charge in [0.1, 0.15) is 17.2 Å². The van der Waals surface area contributed by atoms with Gasteiger partial charge in [0, 0.05) is 5.56 Å². The lowest BCUT2D eigenvalue weighted by Crippen LogP contribution is -2.14. The van der Waals surface area contributed by atoms with E-state index in [1.54, 1.807) is 54.6 Å². The molecular formula is C23H19N2O4P. The van der Waals surface area contributed by atoms with E-state index in [9.17, 15) is 9.67 Å². The molecule has 2 N–H and O–H groups in total. The van der Waals surface area contributed by atoms with Gasteiger partial charge in [-0.15, -0.1) is 0 Å². The van der Waals surface area contributed by atoms with Crippen molar-refractivity contribution >= 4 is 24.7 Å². The van der Waals surface area contributed by atoms with E-state index < -0.39 is 7.75 Å². The number of hydrazone groups is 1. The number of para-hydroxylation sites is 2. The number of hydrogen-bond acceptors (Lipinski definition) is 5. The number of aromatic hydroxyl groups is 1. The molecule has 0 radical (unpaired) electrons. The fraction of sp³-hybridized carbons (Fsp3) is 0. The van der Waals surface area contributed by atoms with Gasteiger partial charge in [0.15, 0.2) is 0 Å². The molecule has 0 unspecified atom stereocenters. The van der Waals surface area contributed by atoms with Crippen LogP contribution in [0.15, 0.2) is 102 Å². The van der Waals surface area contributed by atoms with Crippen LogP contribution in [-0.4, -0.2) is 11.3 Å². The minimum absolute atomic E-state index is 0.0574. The minimum atomic E-state index is -3.91.